The number of nitrogens with zero attached hydrogens (tertiary/aromatic N) is 7. The number of anilines is 1. The molecule has 6 rings (SSSR count). The Morgan fingerprint density at radius 3 is 2.86 bits per heavy atom. The lowest BCUT2D eigenvalue weighted by molar-refractivity contribution is 0.197. The van der Waals surface area contributed by atoms with Crippen molar-refractivity contribution in [2.45, 2.75) is 31.8 Å². The number of hydrogen-bond donors (Lipinski definition) is 1. The Labute approximate surface area is 167 Å². The van der Waals surface area contributed by atoms with E-state index in [0.717, 1.165) is 54.2 Å². The predicted octanol–water partition coefficient (Wildman–Crippen LogP) is 1.61. The van der Waals surface area contributed by atoms with Gasteiger partial charge in [-0.05, 0) is 25.5 Å². The van der Waals surface area contributed by atoms with Crippen molar-refractivity contribution in [1.29, 1.82) is 0 Å². The van der Waals surface area contributed by atoms with Crippen molar-refractivity contribution >= 4 is 23.1 Å². The maximum atomic E-state index is 11.8. The fourth-order valence-electron chi connectivity index (χ4n) is 4.69. The molecule has 3 aliphatic rings. The number of fused-ring (bicyclic) bond motifs is 4. The Balaban J connectivity index is 1.27. The van der Waals surface area contributed by atoms with E-state index in [1.165, 1.54) is 0 Å². The van der Waals surface area contributed by atoms with Crippen molar-refractivity contribution in [3.63, 3.8) is 0 Å². The van der Waals surface area contributed by atoms with Gasteiger partial charge in [-0.25, -0.2) is 24.7 Å². The first-order chi connectivity index (χ1) is 14.2. The summed E-state index contributed by atoms with van der Waals surface area (Å²) < 4.78 is 2.25. The molecular weight excluding hydrogens is 368 g/mol. The number of piperazine rings is 1. The lowest BCUT2D eigenvalue weighted by atomic mass is 10.2. The van der Waals surface area contributed by atoms with Crippen LogP contribution >= 0.6 is 0 Å². The standard InChI is InChI=1S/C20H22N8O/c1-12-2-5-17-24-16-4-3-15(25-18(16)28(12)17)13-8-21-19(22-9-13)26-6-7-27-14(11-26)10-23-20(27)29/h3-4,8-9,12,14H,2,5-7,10-11H2,1H3,(H,23,29)/t12-,14-/m0/s1. The number of urea groups is 1. The van der Waals surface area contributed by atoms with Crippen LogP contribution in [0.4, 0.5) is 10.7 Å². The summed E-state index contributed by atoms with van der Waals surface area (Å²) in [6.07, 6.45) is 5.81. The highest BCUT2D eigenvalue weighted by Crippen LogP contribution is 2.31. The molecule has 0 radical (unpaired) electrons. The van der Waals surface area contributed by atoms with Crippen LogP contribution in [0.2, 0.25) is 0 Å². The van der Waals surface area contributed by atoms with Gasteiger partial charge >= 0.3 is 6.03 Å². The van der Waals surface area contributed by atoms with Crippen molar-refractivity contribution in [3.05, 3.63) is 30.4 Å². The first-order valence-electron chi connectivity index (χ1n) is 10.2. The van der Waals surface area contributed by atoms with E-state index in [2.05, 4.69) is 31.7 Å². The first kappa shape index (κ1) is 16.7. The minimum Gasteiger partial charge on any atom is -0.337 e. The van der Waals surface area contributed by atoms with E-state index < -0.39 is 0 Å². The van der Waals surface area contributed by atoms with Crippen molar-refractivity contribution < 1.29 is 4.79 Å². The number of aryl methyl sites for hydroxylation is 1. The number of amides is 2. The van der Waals surface area contributed by atoms with E-state index in [4.69, 9.17) is 9.97 Å². The molecule has 3 aromatic rings. The molecule has 0 aliphatic carbocycles. The summed E-state index contributed by atoms with van der Waals surface area (Å²) in [7, 11) is 0. The maximum Gasteiger partial charge on any atom is 0.317 e. The molecule has 9 nitrogen and oxygen atoms in total. The molecule has 9 heteroatoms. The predicted molar refractivity (Wildman–Crippen MR) is 108 cm³/mol. The van der Waals surface area contributed by atoms with Crippen LogP contribution in [0.25, 0.3) is 22.4 Å². The number of pyridine rings is 1. The van der Waals surface area contributed by atoms with Gasteiger partial charge in [0.05, 0.1) is 11.7 Å². The molecule has 0 saturated carbocycles. The largest absolute Gasteiger partial charge is 0.337 e. The minimum absolute atomic E-state index is 0.0352. The summed E-state index contributed by atoms with van der Waals surface area (Å²) in [5.74, 6) is 1.83. The second kappa shape index (κ2) is 6.13. The Bertz CT molecular complexity index is 1110. The number of hydrogen-bond acceptors (Lipinski definition) is 6. The van der Waals surface area contributed by atoms with Crippen LogP contribution in [0.15, 0.2) is 24.5 Å². The van der Waals surface area contributed by atoms with Crippen LogP contribution in [0.1, 0.15) is 25.2 Å². The highest BCUT2D eigenvalue weighted by molar-refractivity contribution is 5.78. The highest BCUT2D eigenvalue weighted by atomic mass is 16.2. The zero-order chi connectivity index (χ0) is 19.5. The van der Waals surface area contributed by atoms with E-state index in [-0.39, 0.29) is 12.1 Å². The SMILES string of the molecule is C[C@H]1CCc2nc3ccc(-c4cnc(N5CCN6C(=O)NC[C@H]6C5)nc4)nc3n21. The van der Waals surface area contributed by atoms with Crippen LogP contribution in [-0.2, 0) is 6.42 Å². The molecule has 3 aromatic heterocycles. The molecular formula is C20H22N8O. The molecule has 3 aliphatic heterocycles. The van der Waals surface area contributed by atoms with Crippen molar-refractivity contribution in [1.82, 2.24) is 34.7 Å². The Hall–Kier alpha value is -3.23. The number of aromatic nitrogens is 5. The van der Waals surface area contributed by atoms with E-state index in [9.17, 15) is 4.79 Å². The molecule has 2 fully saturated rings. The van der Waals surface area contributed by atoms with Gasteiger partial charge in [0.1, 0.15) is 11.3 Å². The zero-order valence-corrected chi connectivity index (χ0v) is 16.2. The average molecular weight is 390 g/mol. The maximum absolute atomic E-state index is 11.8. The summed E-state index contributed by atoms with van der Waals surface area (Å²) in [5.41, 5.74) is 3.65. The Morgan fingerprint density at radius 2 is 2.00 bits per heavy atom. The number of carbonyl (C=O) groups is 1. The van der Waals surface area contributed by atoms with Crippen LogP contribution in [-0.4, -0.2) is 67.7 Å². The lowest BCUT2D eigenvalue weighted by Gasteiger charge is -2.36. The molecule has 148 valence electrons. The zero-order valence-electron chi connectivity index (χ0n) is 16.2. The lowest BCUT2D eigenvalue weighted by Crippen LogP contribution is -2.52. The molecule has 2 amide bonds. The normalized spacial score (nSPS) is 23.4. The summed E-state index contributed by atoms with van der Waals surface area (Å²) in [6.45, 7) is 5.10. The van der Waals surface area contributed by atoms with E-state index in [0.29, 0.717) is 25.1 Å². The van der Waals surface area contributed by atoms with Gasteiger partial charge in [0.15, 0.2) is 5.65 Å². The molecule has 0 spiro atoms. The van der Waals surface area contributed by atoms with E-state index in [1.807, 2.05) is 29.4 Å². The van der Waals surface area contributed by atoms with E-state index >= 15 is 0 Å². The van der Waals surface area contributed by atoms with Gasteiger partial charge in [0.2, 0.25) is 5.95 Å². The summed E-state index contributed by atoms with van der Waals surface area (Å²) >= 11 is 0. The van der Waals surface area contributed by atoms with Crippen LogP contribution in [0.3, 0.4) is 0 Å². The summed E-state index contributed by atoms with van der Waals surface area (Å²) in [6, 6.07) is 4.69. The van der Waals surface area contributed by atoms with Gasteiger partial charge in [0, 0.05) is 56.6 Å². The van der Waals surface area contributed by atoms with E-state index in [1.54, 1.807) is 0 Å². The molecule has 0 unspecified atom stereocenters. The molecule has 2 saturated heterocycles. The van der Waals surface area contributed by atoms with Crippen LogP contribution in [0.5, 0.6) is 0 Å². The second-order valence-electron chi connectivity index (χ2n) is 8.08. The van der Waals surface area contributed by atoms with Crippen molar-refractivity contribution in [3.8, 4) is 11.3 Å². The monoisotopic (exact) mass is 390 g/mol. The van der Waals surface area contributed by atoms with Gasteiger partial charge in [-0.2, -0.15) is 0 Å². The number of carbonyl (C=O) groups excluding carboxylic acids is 1. The van der Waals surface area contributed by atoms with Crippen molar-refractivity contribution in [2.24, 2.45) is 0 Å². The van der Waals surface area contributed by atoms with Gasteiger partial charge in [-0.15, -0.1) is 0 Å². The fraction of sp³-hybridized carbons (Fsp3) is 0.450. The number of nitrogens with one attached hydrogen (secondary N) is 1. The molecule has 1 N–H and O–H groups in total. The van der Waals surface area contributed by atoms with Crippen LogP contribution in [0, 0.1) is 0 Å². The third-order valence-corrected chi connectivity index (χ3v) is 6.29. The topological polar surface area (TPSA) is 92.1 Å². The fourth-order valence-corrected chi connectivity index (χ4v) is 4.69. The van der Waals surface area contributed by atoms with Gasteiger partial charge < -0.3 is 19.7 Å². The van der Waals surface area contributed by atoms with Crippen molar-refractivity contribution in [2.75, 3.05) is 31.1 Å². The summed E-state index contributed by atoms with van der Waals surface area (Å²) in [4.78, 5) is 34.6. The second-order valence-corrected chi connectivity index (χ2v) is 8.08. The third kappa shape index (κ3) is 2.56. The number of rotatable bonds is 2. The Kier molecular flexibility index (Phi) is 3.53. The first-order valence-corrected chi connectivity index (χ1v) is 10.2. The van der Waals surface area contributed by atoms with Crippen LogP contribution < -0.4 is 10.2 Å². The molecule has 0 aromatic carbocycles. The average Bonchev–Trinajstić information content (AvgIpc) is 3.42. The van der Waals surface area contributed by atoms with Gasteiger partial charge in [0.25, 0.3) is 0 Å². The third-order valence-electron chi connectivity index (χ3n) is 6.29. The molecule has 29 heavy (non-hydrogen) atoms. The van der Waals surface area contributed by atoms with Gasteiger partial charge in [-0.3, -0.25) is 0 Å². The minimum atomic E-state index is 0.0352. The quantitative estimate of drug-likeness (QED) is 0.715. The van der Waals surface area contributed by atoms with Gasteiger partial charge in [-0.1, -0.05) is 0 Å². The Morgan fingerprint density at radius 1 is 1.14 bits per heavy atom. The molecule has 0 bridgehead atoms. The highest BCUT2D eigenvalue weighted by Gasteiger charge is 2.36. The molecule has 2 atom stereocenters. The smallest absolute Gasteiger partial charge is 0.317 e. The summed E-state index contributed by atoms with van der Waals surface area (Å²) in [5, 5.41) is 2.90. The molecule has 6 heterocycles. The number of imidazole rings is 1.